The summed E-state index contributed by atoms with van der Waals surface area (Å²) in [5.74, 6) is 0.426. The number of hydrogen-bond donors (Lipinski definition) is 2. The van der Waals surface area contributed by atoms with Crippen LogP contribution in [0.25, 0.3) is 0 Å². The van der Waals surface area contributed by atoms with E-state index in [-0.39, 0.29) is 6.03 Å². The second-order valence-electron chi connectivity index (χ2n) is 6.50. The molecule has 0 saturated carbocycles. The van der Waals surface area contributed by atoms with Crippen LogP contribution in [0.4, 0.5) is 10.5 Å². The average molecular weight is 339 g/mol. The number of rotatable bonds is 5. The minimum absolute atomic E-state index is 0.166. The van der Waals surface area contributed by atoms with Gasteiger partial charge in [-0.3, -0.25) is 0 Å². The van der Waals surface area contributed by atoms with Crippen molar-refractivity contribution >= 4 is 23.3 Å². The molecule has 2 amide bonds. The summed E-state index contributed by atoms with van der Waals surface area (Å²) < 4.78 is 0. The number of halogens is 1. The normalized spacial score (nSPS) is 17.7. The van der Waals surface area contributed by atoms with Gasteiger partial charge in [0.2, 0.25) is 0 Å². The number of piperazine rings is 1. The molecule has 0 spiro atoms. The Hall–Kier alpha value is -1.30. The third kappa shape index (κ3) is 6.01. The van der Waals surface area contributed by atoms with Crippen LogP contribution in [0.3, 0.4) is 0 Å². The summed E-state index contributed by atoms with van der Waals surface area (Å²) in [7, 11) is 2.16. The molecule has 1 fully saturated rings. The van der Waals surface area contributed by atoms with Gasteiger partial charge < -0.3 is 20.4 Å². The number of carbonyl (C=O) groups is 1. The van der Waals surface area contributed by atoms with Crippen molar-refractivity contribution in [2.75, 3.05) is 51.6 Å². The van der Waals surface area contributed by atoms with E-state index in [1.807, 2.05) is 19.1 Å². The van der Waals surface area contributed by atoms with Gasteiger partial charge in [-0.2, -0.15) is 0 Å². The molecule has 1 aliphatic heterocycles. The lowest BCUT2D eigenvalue weighted by atomic mass is 10.1. The Balaban J connectivity index is 1.71. The number of nitrogens with zero attached hydrogens (tertiary/aromatic N) is 2. The maximum Gasteiger partial charge on any atom is 0.319 e. The highest BCUT2D eigenvalue weighted by Crippen LogP contribution is 2.19. The quantitative estimate of drug-likeness (QED) is 0.867. The van der Waals surface area contributed by atoms with Crippen LogP contribution in [0, 0.1) is 12.8 Å². The van der Waals surface area contributed by atoms with Gasteiger partial charge in [0.1, 0.15) is 0 Å². The van der Waals surface area contributed by atoms with Crippen LogP contribution in [0.2, 0.25) is 5.02 Å². The lowest BCUT2D eigenvalue weighted by Gasteiger charge is -2.33. The van der Waals surface area contributed by atoms with Crippen LogP contribution in [-0.2, 0) is 0 Å². The Labute approximate surface area is 144 Å². The fourth-order valence-electron chi connectivity index (χ4n) is 2.74. The number of anilines is 1. The van der Waals surface area contributed by atoms with Gasteiger partial charge in [0.05, 0.1) is 0 Å². The molecule has 1 aromatic carbocycles. The average Bonchev–Trinajstić information content (AvgIpc) is 2.50. The summed E-state index contributed by atoms with van der Waals surface area (Å²) >= 11 is 5.92. The van der Waals surface area contributed by atoms with Crippen LogP contribution in [0.1, 0.15) is 12.5 Å². The van der Waals surface area contributed by atoms with Crippen molar-refractivity contribution in [3.05, 3.63) is 28.8 Å². The smallest absolute Gasteiger partial charge is 0.319 e. The van der Waals surface area contributed by atoms with Gasteiger partial charge in [-0.15, -0.1) is 0 Å². The van der Waals surface area contributed by atoms with Gasteiger partial charge >= 0.3 is 6.03 Å². The van der Waals surface area contributed by atoms with E-state index in [2.05, 4.69) is 34.4 Å². The van der Waals surface area contributed by atoms with Gasteiger partial charge in [0, 0.05) is 50.0 Å². The minimum Gasteiger partial charge on any atom is -0.338 e. The van der Waals surface area contributed by atoms with E-state index in [0.29, 0.717) is 17.5 Å². The largest absolute Gasteiger partial charge is 0.338 e. The summed E-state index contributed by atoms with van der Waals surface area (Å²) in [6.07, 6.45) is 0. The summed E-state index contributed by atoms with van der Waals surface area (Å²) in [6, 6.07) is 5.28. The number of aryl methyl sites for hydroxylation is 1. The van der Waals surface area contributed by atoms with Crippen molar-refractivity contribution in [2.24, 2.45) is 5.92 Å². The molecule has 0 bridgehead atoms. The molecule has 0 unspecified atom stereocenters. The molecule has 0 aliphatic carbocycles. The molecule has 1 aliphatic rings. The number of urea groups is 1. The Morgan fingerprint density at radius 1 is 1.30 bits per heavy atom. The van der Waals surface area contributed by atoms with Crippen LogP contribution < -0.4 is 10.6 Å². The summed E-state index contributed by atoms with van der Waals surface area (Å²) in [5, 5.41) is 6.50. The van der Waals surface area contributed by atoms with E-state index in [0.717, 1.165) is 44.0 Å². The van der Waals surface area contributed by atoms with Crippen molar-refractivity contribution in [1.82, 2.24) is 15.1 Å². The summed E-state index contributed by atoms with van der Waals surface area (Å²) in [5.41, 5.74) is 1.75. The number of amides is 2. The predicted octanol–water partition coefficient (Wildman–Crippen LogP) is 2.65. The van der Waals surface area contributed by atoms with E-state index in [9.17, 15) is 4.79 Å². The highest BCUT2D eigenvalue weighted by molar-refractivity contribution is 6.30. The second-order valence-corrected chi connectivity index (χ2v) is 6.94. The SMILES string of the molecule is Cc1cc(Cl)ccc1NC(=O)NC[C@H](C)CN1CCN(C)CC1. The summed E-state index contributed by atoms with van der Waals surface area (Å²) in [4.78, 5) is 16.8. The van der Waals surface area contributed by atoms with Crippen molar-refractivity contribution in [3.63, 3.8) is 0 Å². The van der Waals surface area contributed by atoms with Crippen LogP contribution in [0.15, 0.2) is 18.2 Å². The zero-order valence-electron chi connectivity index (χ0n) is 14.2. The molecule has 2 N–H and O–H groups in total. The van der Waals surface area contributed by atoms with E-state index in [4.69, 9.17) is 11.6 Å². The Kier molecular flexibility index (Phi) is 6.69. The number of hydrogen-bond acceptors (Lipinski definition) is 3. The first-order valence-electron chi connectivity index (χ1n) is 8.16. The molecular formula is C17H27ClN4O. The first-order chi connectivity index (χ1) is 10.9. The highest BCUT2D eigenvalue weighted by Gasteiger charge is 2.16. The first-order valence-corrected chi connectivity index (χ1v) is 8.53. The third-order valence-corrected chi connectivity index (χ3v) is 4.45. The van der Waals surface area contributed by atoms with Crippen molar-refractivity contribution < 1.29 is 4.79 Å². The number of likely N-dealkylation sites (N-methyl/N-ethyl adjacent to an activating group) is 1. The fraction of sp³-hybridized carbons (Fsp3) is 0.588. The molecule has 5 nitrogen and oxygen atoms in total. The zero-order chi connectivity index (χ0) is 16.8. The molecule has 1 aromatic rings. The van der Waals surface area contributed by atoms with E-state index in [1.54, 1.807) is 6.07 Å². The van der Waals surface area contributed by atoms with Gasteiger partial charge in [-0.25, -0.2) is 4.79 Å². The minimum atomic E-state index is -0.166. The van der Waals surface area contributed by atoms with Crippen LogP contribution in [-0.4, -0.2) is 62.1 Å². The van der Waals surface area contributed by atoms with Crippen molar-refractivity contribution in [3.8, 4) is 0 Å². The lowest BCUT2D eigenvalue weighted by Crippen LogP contribution is -2.47. The van der Waals surface area contributed by atoms with Crippen molar-refractivity contribution in [2.45, 2.75) is 13.8 Å². The van der Waals surface area contributed by atoms with Crippen LogP contribution >= 0.6 is 11.6 Å². The monoisotopic (exact) mass is 338 g/mol. The molecule has 128 valence electrons. The lowest BCUT2D eigenvalue weighted by molar-refractivity contribution is 0.138. The second kappa shape index (κ2) is 8.52. The Bertz CT molecular complexity index is 529. The molecule has 1 heterocycles. The maximum absolute atomic E-state index is 12.0. The maximum atomic E-state index is 12.0. The fourth-order valence-corrected chi connectivity index (χ4v) is 2.96. The van der Waals surface area contributed by atoms with Crippen LogP contribution in [0.5, 0.6) is 0 Å². The number of benzene rings is 1. The standard InChI is InChI=1S/C17H27ClN4O/c1-13(12-22-8-6-21(3)7-9-22)11-19-17(23)20-16-5-4-15(18)10-14(16)2/h4-5,10,13H,6-9,11-12H2,1-3H3,(H2,19,20,23)/t13-/m0/s1. The first kappa shape index (κ1) is 18.0. The molecular weight excluding hydrogens is 312 g/mol. The molecule has 23 heavy (non-hydrogen) atoms. The Morgan fingerprint density at radius 2 is 2.00 bits per heavy atom. The van der Waals surface area contributed by atoms with Gasteiger partial charge in [0.15, 0.2) is 0 Å². The number of nitrogens with one attached hydrogen (secondary N) is 2. The van der Waals surface area contributed by atoms with E-state index < -0.39 is 0 Å². The topological polar surface area (TPSA) is 47.6 Å². The van der Waals surface area contributed by atoms with Crippen molar-refractivity contribution in [1.29, 1.82) is 0 Å². The molecule has 0 radical (unpaired) electrons. The highest BCUT2D eigenvalue weighted by atomic mass is 35.5. The summed E-state index contributed by atoms with van der Waals surface area (Å²) in [6.45, 7) is 10.3. The van der Waals surface area contributed by atoms with Gasteiger partial charge in [-0.05, 0) is 43.7 Å². The number of carbonyl (C=O) groups excluding carboxylic acids is 1. The molecule has 6 heteroatoms. The zero-order valence-corrected chi connectivity index (χ0v) is 15.0. The van der Waals surface area contributed by atoms with Gasteiger partial charge in [-0.1, -0.05) is 18.5 Å². The van der Waals surface area contributed by atoms with E-state index in [1.165, 1.54) is 0 Å². The van der Waals surface area contributed by atoms with E-state index >= 15 is 0 Å². The molecule has 1 atom stereocenters. The Morgan fingerprint density at radius 3 is 2.65 bits per heavy atom. The third-order valence-electron chi connectivity index (χ3n) is 4.21. The van der Waals surface area contributed by atoms with Gasteiger partial charge in [0.25, 0.3) is 0 Å². The molecule has 0 aromatic heterocycles. The molecule has 1 saturated heterocycles. The predicted molar refractivity (Wildman–Crippen MR) is 96.3 cm³/mol. The molecule has 2 rings (SSSR count).